The number of hydrogen-bond donors (Lipinski definition) is 0. The van der Waals surface area contributed by atoms with Crippen LogP contribution in [0.3, 0.4) is 0 Å². The number of hydrogen-bond acceptors (Lipinski definition) is 4. The highest BCUT2D eigenvalue weighted by Crippen LogP contribution is 2.26. The molecule has 2 aliphatic rings. The third-order valence-electron chi connectivity index (χ3n) is 4.78. The molecule has 0 unspecified atom stereocenters. The summed E-state index contributed by atoms with van der Waals surface area (Å²) in [5.41, 5.74) is 0. The molecule has 1 saturated carbocycles. The second kappa shape index (κ2) is 6.97. The molecule has 1 amide bonds. The normalized spacial score (nSPS) is 21.3. The highest BCUT2D eigenvalue weighted by Gasteiger charge is 2.32. The molecule has 0 radical (unpaired) electrons. The van der Waals surface area contributed by atoms with Gasteiger partial charge in [-0.15, -0.1) is 0 Å². The van der Waals surface area contributed by atoms with E-state index in [1.165, 1.54) is 16.9 Å². The van der Waals surface area contributed by atoms with Gasteiger partial charge in [-0.2, -0.15) is 4.31 Å². The van der Waals surface area contributed by atoms with Crippen molar-refractivity contribution in [3.8, 4) is 0 Å². The Balaban J connectivity index is 1.61. The first-order valence-electron chi connectivity index (χ1n) is 8.28. The van der Waals surface area contributed by atoms with E-state index in [0.29, 0.717) is 26.2 Å². The molecule has 6 nitrogen and oxygen atoms in total. The molecule has 0 spiro atoms. The van der Waals surface area contributed by atoms with E-state index in [0.717, 1.165) is 25.7 Å². The molecular weight excluding hydrogens is 314 g/mol. The van der Waals surface area contributed by atoms with Crippen molar-refractivity contribution in [3.63, 3.8) is 0 Å². The van der Waals surface area contributed by atoms with Gasteiger partial charge in [-0.3, -0.25) is 9.78 Å². The molecule has 2 fully saturated rings. The van der Waals surface area contributed by atoms with Crippen LogP contribution >= 0.6 is 0 Å². The number of sulfonamides is 1. The zero-order valence-corrected chi connectivity index (χ0v) is 14.0. The van der Waals surface area contributed by atoms with Gasteiger partial charge in [-0.1, -0.05) is 19.3 Å². The van der Waals surface area contributed by atoms with Crippen molar-refractivity contribution in [3.05, 3.63) is 24.5 Å². The van der Waals surface area contributed by atoms with Crippen LogP contribution in [0.1, 0.15) is 32.1 Å². The Morgan fingerprint density at radius 1 is 1.09 bits per heavy atom. The van der Waals surface area contributed by atoms with Crippen molar-refractivity contribution >= 4 is 15.9 Å². The van der Waals surface area contributed by atoms with Gasteiger partial charge >= 0.3 is 0 Å². The summed E-state index contributed by atoms with van der Waals surface area (Å²) >= 11 is 0. The molecule has 0 N–H and O–H groups in total. The lowest BCUT2D eigenvalue weighted by atomic mass is 9.88. The third kappa shape index (κ3) is 3.55. The van der Waals surface area contributed by atoms with Gasteiger partial charge in [0.25, 0.3) is 0 Å². The first-order valence-corrected chi connectivity index (χ1v) is 9.72. The van der Waals surface area contributed by atoms with Gasteiger partial charge in [-0.25, -0.2) is 8.42 Å². The summed E-state index contributed by atoms with van der Waals surface area (Å²) in [6.07, 6.45) is 8.37. The first-order chi connectivity index (χ1) is 11.1. The predicted molar refractivity (Wildman–Crippen MR) is 86.2 cm³/mol. The SMILES string of the molecule is O=C(C1CCCCC1)N1CCN(S(=O)(=O)c2cccnc2)CC1. The molecule has 1 aromatic rings. The van der Waals surface area contributed by atoms with Crippen LogP contribution in [0.5, 0.6) is 0 Å². The fraction of sp³-hybridized carbons (Fsp3) is 0.625. The van der Waals surface area contributed by atoms with Crippen LogP contribution in [-0.4, -0.2) is 54.7 Å². The molecule has 1 aliphatic heterocycles. The highest BCUT2D eigenvalue weighted by atomic mass is 32.2. The Hall–Kier alpha value is -1.47. The second-order valence-corrected chi connectivity index (χ2v) is 8.19. The Morgan fingerprint density at radius 2 is 1.78 bits per heavy atom. The van der Waals surface area contributed by atoms with Crippen molar-refractivity contribution < 1.29 is 13.2 Å². The predicted octanol–water partition coefficient (Wildman–Crippen LogP) is 1.49. The lowest BCUT2D eigenvalue weighted by Crippen LogP contribution is -2.52. The van der Waals surface area contributed by atoms with E-state index in [9.17, 15) is 13.2 Å². The third-order valence-corrected chi connectivity index (χ3v) is 6.66. The van der Waals surface area contributed by atoms with Crippen molar-refractivity contribution in [2.24, 2.45) is 5.92 Å². The van der Waals surface area contributed by atoms with Crippen LogP contribution in [0.25, 0.3) is 0 Å². The number of nitrogens with zero attached hydrogens (tertiary/aromatic N) is 3. The molecule has 1 saturated heterocycles. The fourth-order valence-corrected chi connectivity index (χ4v) is 4.79. The van der Waals surface area contributed by atoms with E-state index < -0.39 is 10.0 Å². The lowest BCUT2D eigenvalue weighted by Gasteiger charge is -2.36. The molecule has 126 valence electrons. The van der Waals surface area contributed by atoms with Crippen LogP contribution < -0.4 is 0 Å². The molecule has 1 aromatic heterocycles. The van der Waals surface area contributed by atoms with Gasteiger partial charge in [0.1, 0.15) is 4.90 Å². The fourth-order valence-electron chi connectivity index (χ4n) is 3.41. The molecule has 1 aliphatic carbocycles. The molecule has 0 aromatic carbocycles. The minimum absolute atomic E-state index is 0.144. The monoisotopic (exact) mass is 337 g/mol. The largest absolute Gasteiger partial charge is 0.340 e. The minimum Gasteiger partial charge on any atom is -0.340 e. The maximum atomic E-state index is 12.5. The molecule has 7 heteroatoms. The van der Waals surface area contributed by atoms with Gasteiger partial charge in [0.15, 0.2) is 0 Å². The molecule has 0 bridgehead atoms. The van der Waals surface area contributed by atoms with E-state index >= 15 is 0 Å². The highest BCUT2D eigenvalue weighted by molar-refractivity contribution is 7.89. The van der Waals surface area contributed by atoms with E-state index in [-0.39, 0.29) is 16.7 Å². The number of aromatic nitrogens is 1. The maximum absolute atomic E-state index is 12.5. The van der Waals surface area contributed by atoms with Crippen molar-refractivity contribution in [2.75, 3.05) is 26.2 Å². The number of amides is 1. The molecule has 2 heterocycles. The summed E-state index contributed by atoms with van der Waals surface area (Å²) in [7, 11) is -3.50. The molecule has 0 atom stereocenters. The van der Waals surface area contributed by atoms with E-state index in [1.807, 2.05) is 4.90 Å². The summed E-state index contributed by atoms with van der Waals surface area (Å²) in [5, 5.41) is 0. The summed E-state index contributed by atoms with van der Waals surface area (Å²) in [6.45, 7) is 1.68. The Labute approximate surface area is 137 Å². The minimum atomic E-state index is -3.50. The van der Waals surface area contributed by atoms with Gasteiger partial charge in [0.2, 0.25) is 15.9 Å². The second-order valence-electron chi connectivity index (χ2n) is 6.25. The van der Waals surface area contributed by atoms with Gasteiger partial charge < -0.3 is 4.90 Å². The van der Waals surface area contributed by atoms with E-state index in [2.05, 4.69) is 4.98 Å². The first kappa shape index (κ1) is 16.4. The molecule has 3 rings (SSSR count). The van der Waals surface area contributed by atoms with Crippen molar-refractivity contribution in [1.29, 1.82) is 0 Å². The maximum Gasteiger partial charge on any atom is 0.244 e. The number of carbonyl (C=O) groups excluding carboxylic acids is 1. The number of pyridine rings is 1. The molecular formula is C16H23N3O3S. The number of piperazine rings is 1. The van der Waals surface area contributed by atoms with Crippen molar-refractivity contribution in [2.45, 2.75) is 37.0 Å². The van der Waals surface area contributed by atoms with Crippen molar-refractivity contribution in [1.82, 2.24) is 14.2 Å². The average molecular weight is 337 g/mol. The van der Waals surface area contributed by atoms with Gasteiger partial charge in [0.05, 0.1) is 0 Å². The summed E-state index contributed by atoms with van der Waals surface area (Å²) in [5.74, 6) is 0.355. The van der Waals surface area contributed by atoms with Crippen LogP contribution in [0.15, 0.2) is 29.4 Å². The van der Waals surface area contributed by atoms with Crippen LogP contribution in [0.2, 0.25) is 0 Å². The summed E-state index contributed by atoms with van der Waals surface area (Å²) in [4.78, 5) is 18.5. The average Bonchev–Trinajstić information content (AvgIpc) is 2.63. The van der Waals surface area contributed by atoms with Crippen LogP contribution in [0, 0.1) is 5.92 Å². The Morgan fingerprint density at radius 3 is 2.39 bits per heavy atom. The quantitative estimate of drug-likeness (QED) is 0.838. The smallest absolute Gasteiger partial charge is 0.244 e. The zero-order chi connectivity index (χ0) is 16.3. The van der Waals surface area contributed by atoms with E-state index in [1.54, 1.807) is 18.3 Å². The number of carbonyl (C=O) groups is 1. The Bertz CT molecular complexity index is 634. The van der Waals surface area contributed by atoms with Crippen LogP contribution in [0.4, 0.5) is 0 Å². The summed E-state index contributed by atoms with van der Waals surface area (Å²) in [6, 6.07) is 3.18. The zero-order valence-electron chi connectivity index (χ0n) is 13.2. The summed E-state index contributed by atoms with van der Waals surface area (Å²) < 4.78 is 26.5. The standard InChI is InChI=1S/C16H23N3O3S/c20-16(14-5-2-1-3-6-14)18-9-11-19(12-10-18)23(21,22)15-7-4-8-17-13-15/h4,7-8,13-14H,1-3,5-6,9-12H2. The topological polar surface area (TPSA) is 70.6 Å². The number of rotatable bonds is 3. The Kier molecular flexibility index (Phi) is 4.96. The van der Waals surface area contributed by atoms with Gasteiger partial charge in [0, 0.05) is 44.5 Å². The lowest BCUT2D eigenvalue weighted by molar-refractivity contribution is -0.137. The van der Waals surface area contributed by atoms with E-state index in [4.69, 9.17) is 0 Å². The molecule has 23 heavy (non-hydrogen) atoms. The van der Waals surface area contributed by atoms with Crippen LogP contribution in [-0.2, 0) is 14.8 Å². The van der Waals surface area contributed by atoms with Gasteiger partial charge in [-0.05, 0) is 25.0 Å².